The summed E-state index contributed by atoms with van der Waals surface area (Å²) < 4.78 is 3.19. The van der Waals surface area contributed by atoms with E-state index in [0.717, 1.165) is 28.3 Å². The smallest absolute Gasteiger partial charge is 0.207 e. The molecule has 3 nitrogen and oxygen atoms in total. The van der Waals surface area contributed by atoms with Gasteiger partial charge in [-0.1, -0.05) is 12.1 Å². The Hall–Kier alpha value is -1.29. The van der Waals surface area contributed by atoms with Gasteiger partial charge in [0, 0.05) is 17.2 Å². The van der Waals surface area contributed by atoms with Gasteiger partial charge >= 0.3 is 0 Å². The maximum absolute atomic E-state index is 4.48. The number of anilines is 1. The molecule has 0 saturated heterocycles. The Balaban J connectivity index is 2.55. The van der Waals surface area contributed by atoms with Crippen LogP contribution in [0.15, 0.2) is 28.9 Å². The predicted molar refractivity (Wildman–Crippen MR) is 74.9 cm³/mol. The van der Waals surface area contributed by atoms with Gasteiger partial charge in [-0.2, -0.15) is 0 Å². The number of imidazole rings is 1. The quantitative estimate of drug-likeness (QED) is 0.935. The van der Waals surface area contributed by atoms with Gasteiger partial charge in [0.1, 0.15) is 0 Å². The first-order valence-electron chi connectivity index (χ1n) is 5.68. The van der Waals surface area contributed by atoms with E-state index in [0.29, 0.717) is 0 Å². The monoisotopic (exact) mass is 293 g/mol. The van der Waals surface area contributed by atoms with Crippen LogP contribution in [0.1, 0.15) is 18.2 Å². The molecule has 1 heterocycles. The minimum atomic E-state index is 0.861. The first-order chi connectivity index (χ1) is 8.13. The number of aromatic nitrogens is 2. The lowest BCUT2D eigenvalue weighted by atomic mass is 10.2. The number of hydrogen-bond donors (Lipinski definition) is 1. The number of benzene rings is 1. The summed E-state index contributed by atoms with van der Waals surface area (Å²) in [4.78, 5) is 4.48. The third kappa shape index (κ3) is 2.36. The summed E-state index contributed by atoms with van der Waals surface area (Å²) in [6.45, 7) is 7.02. The number of hydrogen-bond acceptors (Lipinski definition) is 2. The fraction of sp³-hybridized carbons (Fsp3) is 0.308. The van der Waals surface area contributed by atoms with Crippen molar-refractivity contribution >= 4 is 21.9 Å². The van der Waals surface area contributed by atoms with E-state index in [4.69, 9.17) is 0 Å². The van der Waals surface area contributed by atoms with Crippen molar-refractivity contribution in [2.45, 2.75) is 20.8 Å². The molecule has 0 amide bonds. The molecule has 0 radical (unpaired) electrons. The summed E-state index contributed by atoms with van der Waals surface area (Å²) in [5, 5.41) is 3.27. The van der Waals surface area contributed by atoms with Crippen LogP contribution in [0.25, 0.3) is 5.69 Å². The Morgan fingerprint density at radius 1 is 1.35 bits per heavy atom. The molecule has 2 rings (SSSR count). The molecule has 2 aromatic rings. The molecular formula is C13H16BrN3. The van der Waals surface area contributed by atoms with Gasteiger partial charge in [0.05, 0.1) is 11.4 Å². The Kier molecular flexibility index (Phi) is 3.52. The van der Waals surface area contributed by atoms with Gasteiger partial charge in [0.2, 0.25) is 5.95 Å². The first kappa shape index (κ1) is 12.2. The van der Waals surface area contributed by atoms with E-state index in [1.54, 1.807) is 0 Å². The van der Waals surface area contributed by atoms with Crippen LogP contribution in [0.4, 0.5) is 5.95 Å². The van der Waals surface area contributed by atoms with Crippen molar-refractivity contribution in [2.24, 2.45) is 0 Å². The lowest BCUT2D eigenvalue weighted by Gasteiger charge is -2.11. The van der Waals surface area contributed by atoms with E-state index >= 15 is 0 Å². The topological polar surface area (TPSA) is 29.9 Å². The zero-order chi connectivity index (χ0) is 12.4. The highest BCUT2D eigenvalue weighted by molar-refractivity contribution is 9.10. The highest BCUT2D eigenvalue weighted by Gasteiger charge is 2.10. The molecule has 0 aliphatic carbocycles. The molecule has 4 heteroatoms. The molecule has 0 spiro atoms. The zero-order valence-electron chi connectivity index (χ0n) is 10.3. The predicted octanol–water partition coefficient (Wildman–Crippen LogP) is 3.68. The molecular weight excluding hydrogens is 278 g/mol. The molecule has 0 bridgehead atoms. The molecule has 0 fully saturated rings. The molecule has 1 N–H and O–H groups in total. The van der Waals surface area contributed by atoms with Crippen LogP contribution in [-0.4, -0.2) is 16.1 Å². The van der Waals surface area contributed by atoms with E-state index in [1.165, 1.54) is 5.56 Å². The number of nitrogens with one attached hydrogen (secondary N) is 1. The fourth-order valence-electron chi connectivity index (χ4n) is 1.78. The average molecular weight is 294 g/mol. The van der Waals surface area contributed by atoms with Gasteiger partial charge in [0.25, 0.3) is 0 Å². The minimum absolute atomic E-state index is 0.861. The van der Waals surface area contributed by atoms with E-state index in [-0.39, 0.29) is 0 Å². The Morgan fingerprint density at radius 2 is 2.12 bits per heavy atom. The normalized spacial score (nSPS) is 10.6. The van der Waals surface area contributed by atoms with Crippen LogP contribution in [0.5, 0.6) is 0 Å². The second-order valence-corrected chi connectivity index (χ2v) is 4.81. The van der Waals surface area contributed by atoms with Gasteiger partial charge in [-0.3, -0.25) is 4.57 Å². The lowest BCUT2D eigenvalue weighted by Crippen LogP contribution is -2.05. The fourth-order valence-corrected chi connectivity index (χ4v) is 2.24. The van der Waals surface area contributed by atoms with Gasteiger partial charge in [0.15, 0.2) is 0 Å². The minimum Gasteiger partial charge on any atom is -0.356 e. The highest BCUT2D eigenvalue weighted by atomic mass is 79.9. The third-order valence-electron chi connectivity index (χ3n) is 2.59. The highest BCUT2D eigenvalue weighted by Crippen LogP contribution is 2.27. The van der Waals surface area contributed by atoms with Crippen molar-refractivity contribution in [1.29, 1.82) is 0 Å². The Morgan fingerprint density at radius 3 is 2.82 bits per heavy atom. The third-order valence-corrected chi connectivity index (χ3v) is 3.62. The number of rotatable bonds is 3. The van der Waals surface area contributed by atoms with Crippen molar-refractivity contribution in [3.8, 4) is 5.69 Å². The molecule has 1 aromatic carbocycles. The Bertz CT molecular complexity index is 531. The second kappa shape index (κ2) is 4.92. The summed E-state index contributed by atoms with van der Waals surface area (Å²) >= 11 is 3.64. The van der Waals surface area contributed by atoms with Crippen molar-refractivity contribution < 1.29 is 0 Å². The number of aryl methyl sites for hydroxylation is 2. The average Bonchev–Trinajstić information content (AvgIpc) is 2.64. The zero-order valence-corrected chi connectivity index (χ0v) is 11.9. The molecule has 17 heavy (non-hydrogen) atoms. The summed E-state index contributed by atoms with van der Waals surface area (Å²) in [6, 6.07) is 6.23. The largest absolute Gasteiger partial charge is 0.356 e. The van der Waals surface area contributed by atoms with Crippen molar-refractivity contribution in [3.63, 3.8) is 0 Å². The molecule has 0 atom stereocenters. The van der Waals surface area contributed by atoms with Crippen LogP contribution in [0, 0.1) is 13.8 Å². The van der Waals surface area contributed by atoms with Gasteiger partial charge in [-0.05, 0) is 48.3 Å². The number of halogens is 1. The van der Waals surface area contributed by atoms with E-state index in [1.807, 2.05) is 13.1 Å². The van der Waals surface area contributed by atoms with Crippen LogP contribution in [-0.2, 0) is 0 Å². The first-order valence-corrected chi connectivity index (χ1v) is 6.48. The summed E-state index contributed by atoms with van der Waals surface area (Å²) in [5.41, 5.74) is 3.34. The van der Waals surface area contributed by atoms with Crippen molar-refractivity contribution in [2.75, 3.05) is 11.9 Å². The maximum atomic E-state index is 4.48. The SMILES string of the molecule is CCNc1nc(C)cn1-c1cccc(C)c1Br. The second-order valence-electron chi connectivity index (χ2n) is 4.01. The lowest BCUT2D eigenvalue weighted by molar-refractivity contribution is 1.01. The summed E-state index contributed by atoms with van der Waals surface area (Å²) in [6.07, 6.45) is 2.04. The molecule has 90 valence electrons. The summed E-state index contributed by atoms with van der Waals surface area (Å²) in [7, 11) is 0. The van der Waals surface area contributed by atoms with Crippen LogP contribution in [0.2, 0.25) is 0 Å². The van der Waals surface area contributed by atoms with Crippen LogP contribution >= 0.6 is 15.9 Å². The number of nitrogens with zero attached hydrogens (tertiary/aromatic N) is 2. The van der Waals surface area contributed by atoms with Crippen LogP contribution < -0.4 is 5.32 Å². The van der Waals surface area contributed by atoms with Crippen molar-refractivity contribution in [3.05, 3.63) is 40.1 Å². The molecule has 0 aliphatic heterocycles. The molecule has 0 saturated carbocycles. The van der Waals surface area contributed by atoms with Gasteiger partial charge < -0.3 is 5.32 Å². The molecule has 1 aromatic heterocycles. The maximum Gasteiger partial charge on any atom is 0.207 e. The van der Waals surface area contributed by atoms with E-state index < -0.39 is 0 Å². The molecule has 0 aliphatic rings. The summed E-state index contributed by atoms with van der Waals surface area (Å²) in [5.74, 6) is 0.885. The standard InChI is InChI=1S/C13H16BrN3/c1-4-15-13-16-10(3)8-17(13)11-7-5-6-9(2)12(11)14/h5-8H,4H2,1-3H3,(H,15,16). The Labute approximate surface area is 110 Å². The molecule has 0 unspecified atom stereocenters. The van der Waals surface area contributed by atoms with Crippen molar-refractivity contribution in [1.82, 2.24) is 9.55 Å². The van der Waals surface area contributed by atoms with Gasteiger partial charge in [-0.25, -0.2) is 4.98 Å². The van der Waals surface area contributed by atoms with E-state index in [2.05, 4.69) is 62.8 Å². The van der Waals surface area contributed by atoms with E-state index in [9.17, 15) is 0 Å². The van der Waals surface area contributed by atoms with Crippen LogP contribution in [0.3, 0.4) is 0 Å². The van der Waals surface area contributed by atoms with Gasteiger partial charge in [-0.15, -0.1) is 0 Å².